The fraction of sp³-hybridized carbons (Fsp3) is 0.400. The predicted octanol–water partition coefficient (Wildman–Crippen LogP) is 5.90. The number of hydrogen-bond donors (Lipinski definition) is 1. The Morgan fingerprint density at radius 1 is 1.12 bits per heavy atom. The molecule has 3 rings (SSSR count). The third-order valence-electron chi connectivity index (χ3n) is 6.32. The largest absolute Gasteiger partial charge is 0.481 e. The Bertz CT molecular complexity index is 1020. The summed E-state index contributed by atoms with van der Waals surface area (Å²) in [6.07, 6.45) is 0.425. The standard InChI is InChI=1S/C25H27Cl2NO4/c1-4-21(15(2)29)28-23(16-8-10-18(26)11-9-16)20(17-6-5-7-19(27)12-17)13-25(3,24(28)32)14-22(30)31/h5-12,20-21,23H,4,13-14H2,1-3H3,(H,30,31)/t20-,21+,23?,25+/m1/s1. The number of carboxylic acid groups (broad SMARTS) is 1. The van der Waals surface area contributed by atoms with Gasteiger partial charge in [-0.2, -0.15) is 0 Å². The van der Waals surface area contributed by atoms with Crippen molar-refractivity contribution in [3.63, 3.8) is 0 Å². The van der Waals surface area contributed by atoms with E-state index in [0.717, 1.165) is 11.1 Å². The van der Waals surface area contributed by atoms with Crippen molar-refractivity contribution in [2.75, 3.05) is 0 Å². The first-order chi connectivity index (χ1) is 15.1. The number of Topliss-reactive ketones (excluding diaryl/α,β-unsaturated/α-hetero) is 1. The number of ketones is 1. The van der Waals surface area contributed by atoms with Gasteiger partial charge >= 0.3 is 5.97 Å². The van der Waals surface area contributed by atoms with Crippen molar-refractivity contribution >= 4 is 40.9 Å². The van der Waals surface area contributed by atoms with Crippen molar-refractivity contribution in [2.45, 2.75) is 58.0 Å². The molecule has 0 aromatic heterocycles. The maximum absolute atomic E-state index is 13.8. The van der Waals surface area contributed by atoms with Crippen LogP contribution >= 0.6 is 23.2 Å². The molecule has 1 saturated heterocycles. The summed E-state index contributed by atoms with van der Waals surface area (Å²) in [6.45, 7) is 5.01. The van der Waals surface area contributed by atoms with Crippen molar-refractivity contribution in [3.8, 4) is 0 Å². The van der Waals surface area contributed by atoms with Gasteiger partial charge in [-0.3, -0.25) is 14.4 Å². The van der Waals surface area contributed by atoms with E-state index in [2.05, 4.69) is 0 Å². The van der Waals surface area contributed by atoms with E-state index >= 15 is 0 Å². The van der Waals surface area contributed by atoms with Gasteiger partial charge in [0.1, 0.15) is 0 Å². The molecule has 0 radical (unpaired) electrons. The van der Waals surface area contributed by atoms with E-state index in [4.69, 9.17) is 23.2 Å². The summed E-state index contributed by atoms with van der Waals surface area (Å²) >= 11 is 12.4. The molecular formula is C25H27Cl2NO4. The smallest absolute Gasteiger partial charge is 0.304 e. The molecule has 0 aliphatic carbocycles. The van der Waals surface area contributed by atoms with Crippen LogP contribution in [-0.4, -0.2) is 33.7 Å². The van der Waals surface area contributed by atoms with Crippen LogP contribution in [0.25, 0.3) is 0 Å². The molecule has 0 bridgehead atoms. The first kappa shape index (κ1) is 24.3. The fourth-order valence-electron chi connectivity index (χ4n) is 4.90. The van der Waals surface area contributed by atoms with Crippen LogP contribution in [0.4, 0.5) is 0 Å². The maximum Gasteiger partial charge on any atom is 0.304 e. The highest BCUT2D eigenvalue weighted by Crippen LogP contribution is 2.52. The number of carboxylic acids is 1. The Labute approximate surface area is 198 Å². The quantitative estimate of drug-likeness (QED) is 0.540. The minimum Gasteiger partial charge on any atom is -0.481 e. The van der Waals surface area contributed by atoms with E-state index in [9.17, 15) is 19.5 Å². The van der Waals surface area contributed by atoms with Gasteiger partial charge < -0.3 is 10.0 Å². The third kappa shape index (κ3) is 4.84. The summed E-state index contributed by atoms with van der Waals surface area (Å²) in [6, 6.07) is 13.5. The summed E-state index contributed by atoms with van der Waals surface area (Å²) in [5.74, 6) is -1.76. The van der Waals surface area contributed by atoms with Crippen LogP contribution in [0.3, 0.4) is 0 Å². The van der Waals surface area contributed by atoms with Crippen LogP contribution in [0.2, 0.25) is 10.0 Å². The van der Waals surface area contributed by atoms with Crippen molar-refractivity contribution < 1.29 is 19.5 Å². The first-order valence-electron chi connectivity index (χ1n) is 10.6. The average molecular weight is 476 g/mol. The van der Waals surface area contributed by atoms with Crippen LogP contribution in [0, 0.1) is 5.41 Å². The van der Waals surface area contributed by atoms with Gasteiger partial charge in [0.15, 0.2) is 5.78 Å². The van der Waals surface area contributed by atoms with E-state index in [1.165, 1.54) is 6.92 Å². The van der Waals surface area contributed by atoms with Crippen LogP contribution in [0.5, 0.6) is 0 Å². The predicted molar refractivity (Wildman–Crippen MR) is 125 cm³/mol. The van der Waals surface area contributed by atoms with Gasteiger partial charge in [-0.25, -0.2) is 0 Å². The highest BCUT2D eigenvalue weighted by Gasteiger charge is 2.52. The Morgan fingerprint density at radius 3 is 2.31 bits per heavy atom. The summed E-state index contributed by atoms with van der Waals surface area (Å²) < 4.78 is 0. The number of halogens is 2. The van der Waals surface area contributed by atoms with E-state index in [1.54, 1.807) is 30.0 Å². The summed E-state index contributed by atoms with van der Waals surface area (Å²) in [4.78, 5) is 39.8. The van der Waals surface area contributed by atoms with Crippen LogP contribution in [0.1, 0.15) is 63.1 Å². The van der Waals surface area contributed by atoms with Gasteiger partial charge in [-0.05, 0) is 55.2 Å². The summed E-state index contributed by atoms with van der Waals surface area (Å²) in [5.41, 5.74) is 0.569. The van der Waals surface area contributed by atoms with Crippen molar-refractivity contribution in [2.24, 2.45) is 5.41 Å². The van der Waals surface area contributed by atoms with Gasteiger partial charge in [-0.1, -0.05) is 61.3 Å². The second-order valence-corrected chi connectivity index (χ2v) is 9.61. The molecule has 1 N–H and O–H groups in total. The number of aliphatic carboxylic acids is 1. The molecule has 2 aromatic rings. The zero-order valence-corrected chi connectivity index (χ0v) is 19.9. The number of rotatable bonds is 7. The molecule has 5 nitrogen and oxygen atoms in total. The molecular weight excluding hydrogens is 449 g/mol. The van der Waals surface area contributed by atoms with Gasteiger partial charge in [-0.15, -0.1) is 0 Å². The van der Waals surface area contributed by atoms with Gasteiger partial charge in [0, 0.05) is 16.0 Å². The monoisotopic (exact) mass is 475 g/mol. The molecule has 0 saturated carbocycles. The molecule has 1 heterocycles. The molecule has 0 spiro atoms. The maximum atomic E-state index is 13.8. The Kier molecular flexibility index (Phi) is 7.31. The van der Waals surface area contributed by atoms with Crippen LogP contribution in [0.15, 0.2) is 48.5 Å². The second kappa shape index (κ2) is 9.63. The molecule has 7 heteroatoms. The van der Waals surface area contributed by atoms with E-state index in [0.29, 0.717) is 22.9 Å². The van der Waals surface area contributed by atoms with Crippen molar-refractivity contribution in [3.05, 3.63) is 69.7 Å². The van der Waals surface area contributed by atoms with Gasteiger partial charge in [0.25, 0.3) is 0 Å². The molecule has 1 amide bonds. The number of likely N-dealkylation sites (tertiary alicyclic amines) is 1. The minimum atomic E-state index is -1.16. The fourth-order valence-corrected chi connectivity index (χ4v) is 5.23. The number of carbonyl (C=O) groups is 3. The normalized spacial score (nSPS) is 24.3. The average Bonchev–Trinajstić information content (AvgIpc) is 2.71. The second-order valence-electron chi connectivity index (χ2n) is 8.74. The molecule has 1 aliphatic heterocycles. The third-order valence-corrected chi connectivity index (χ3v) is 6.81. The molecule has 1 fully saturated rings. The van der Waals surface area contributed by atoms with Crippen LogP contribution < -0.4 is 0 Å². The number of nitrogens with zero attached hydrogens (tertiary/aromatic N) is 1. The SMILES string of the molecule is CC[C@@H](C(C)=O)N1C(=O)[C@](C)(CC(=O)O)C[C@H](c2cccc(Cl)c2)C1c1ccc(Cl)cc1. The lowest BCUT2D eigenvalue weighted by Gasteiger charge is -2.51. The highest BCUT2D eigenvalue weighted by atomic mass is 35.5. The lowest BCUT2D eigenvalue weighted by molar-refractivity contribution is -0.162. The molecule has 4 atom stereocenters. The molecule has 2 aromatic carbocycles. The molecule has 1 unspecified atom stereocenters. The van der Waals surface area contributed by atoms with Gasteiger partial charge in [0.2, 0.25) is 5.91 Å². The van der Waals surface area contributed by atoms with Crippen molar-refractivity contribution in [1.29, 1.82) is 0 Å². The van der Waals surface area contributed by atoms with Crippen molar-refractivity contribution in [1.82, 2.24) is 4.90 Å². The lowest BCUT2D eigenvalue weighted by Crippen LogP contribution is -2.57. The molecule has 170 valence electrons. The number of carbonyl (C=O) groups excluding carboxylic acids is 2. The number of benzene rings is 2. The van der Waals surface area contributed by atoms with Crippen LogP contribution in [-0.2, 0) is 14.4 Å². The Hall–Kier alpha value is -2.37. The van der Waals surface area contributed by atoms with Gasteiger partial charge in [0.05, 0.1) is 23.9 Å². The Balaban J connectivity index is 2.26. The number of piperidine rings is 1. The zero-order valence-electron chi connectivity index (χ0n) is 18.3. The Morgan fingerprint density at radius 2 is 1.78 bits per heavy atom. The van der Waals surface area contributed by atoms with E-state index < -0.39 is 23.5 Å². The molecule has 1 aliphatic rings. The topological polar surface area (TPSA) is 74.7 Å². The highest BCUT2D eigenvalue weighted by molar-refractivity contribution is 6.30. The summed E-state index contributed by atoms with van der Waals surface area (Å²) in [5, 5.41) is 10.7. The first-order valence-corrected chi connectivity index (χ1v) is 11.4. The van der Waals surface area contributed by atoms with E-state index in [1.807, 2.05) is 37.3 Å². The minimum absolute atomic E-state index is 0.135. The summed E-state index contributed by atoms with van der Waals surface area (Å²) in [7, 11) is 0. The van der Waals surface area contributed by atoms with E-state index in [-0.39, 0.29) is 24.0 Å². The zero-order chi connectivity index (χ0) is 23.6. The number of hydrogen-bond acceptors (Lipinski definition) is 3. The number of amides is 1. The molecule has 32 heavy (non-hydrogen) atoms. The lowest BCUT2D eigenvalue weighted by atomic mass is 9.67.